The Morgan fingerprint density at radius 2 is 2.25 bits per heavy atom. The number of guanidine groups is 1. The number of hydrogen-bond acceptors (Lipinski definition) is 3. The third-order valence-corrected chi connectivity index (χ3v) is 4.34. The Labute approximate surface area is 164 Å². The largest absolute Gasteiger partial charge is 0.351 e. The number of fused-ring (bicyclic) bond motifs is 1. The van der Waals surface area contributed by atoms with Gasteiger partial charge in [0.1, 0.15) is 5.82 Å². The molecule has 1 aliphatic rings. The number of rotatable bonds is 4. The first kappa shape index (κ1) is 19.0. The van der Waals surface area contributed by atoms with Crippen molar-refractivity contribution in [2.75, 3.05) is 14.1 Å². The van der Waals surface area contributed by atoms with E-state index in [1.54, 1.807) is 7.05 Å². The molecule has 0 fully saturated rings. The average molecular weight is 464 g/mol. The molecule has 0 aromatic carbocycles. The van der Waals surface area contributed by atoms with Crippen LogP contribution in [0, 0.1) is 0 Å². The van der Waals surface area contributed by atoms with Crippen LogP contribution in [0.1, 0.15) is 23.8 Å². The lowest BCUT2D eigenvalue weighted by Crippen LogP contribution is -2.38. The molecule has 1 aliphatic heterocycles. The highest BCUT2D eigenvalue weighted by Gasteiger charge is 2.18. The van der Waals surface area contributed by atoms with Crippen LogP contribution in [0.4, 0.5) is 0 Å². The van der Waals surface area contributed by atoms with Crippen molar-refractivity contribution < 1.29 is 0 Å². The summed E-state index contributed by atoms with van der Waals surface area (Å²) in [5.74, 6) is 2.87. The summed E-state index contributed by atoms with van der Waals surface area (Å²) < 4.78 is 4.22. The van der Waals surface area contributed by atoms with Crippen molar-refractivity contribution in [3.63, 3.8) is 0 Å². The Morgan fingerprint density at radius 1 is 1.46 bits per heavy atom. The van der Waals surface area contributed by atoms with E-state index in [2.05, 4.69) is 30.0 Å². The van der Waals surface area contributed by atoms with Crippen LogP contribution in [-0.2, 0) is 33.1 Å². The Morgan fingerprint density at radius 3 is 2.92 bits per heavy atom. The molecule has 2 aromatic heterocycles. The molecular weight excluding hydrogens is 441 g/mol. The number of hydrogen-bond donors (Lipinski definition) is 1. The maximum absolute atomic E-state index is 6.04. The smallest absolute Gasteiger partial charge is 0.194 e. The lowest BCUT2D eigenvalue weighted by atomic mass is 10.4. The van der Waals surface area contributed by atoms with E-state index in [1.807, 2.05) is 30.9 Å². The fourth-order valence-electron chi connectivity index (χ4n) is 2.93. The molecule has 9 heteroatoms. The zero-order valence-corrected chi connectivity index (χ0v) is 17.2. The first-order valence-electron chi connectivity index (χ1n) is 7.72. The summed E-state index contributed by atoms with van der Waals surface area (Å²) in [6.45, 7) is 2.36. The Hall–Kier alpha value is -1.29. The Kier molecular flexibility index (Phi) is 6.50. The van der Waals surface area contributed by atoms with E-state index in [0.717, 1.165) is 54.3 Å². The molecule has 0 saturated carbocycles. The number of nitrogens with one attached hydrogen (secondary N) is 1. The van der Waals surface area contributed by atoms with E-state index < -0.39 is 0 Å². The summed E-state index contributed by atoms with van der Waals surface area (Å²) in [5, 5.41) is 12.6. The summed E-state index contributed by atoms with van der Waals surface area (Å²) >= 11 is 6.04. The first-order valence-corrected chi connectivity index (χ1v) is 8.09. The molecule has 7 nitrogen and oxygen atoms in total. The predicted molar refractivity (Wildman–Crippen MR) is 106 cm³/mol. The first-order chi connectivity index (χ1) is 11.1. The molecule has 0 aliphatic carbocycles. The van der Waals surface area contributed by atoms with Crippen LogP contribution in [-0.4, -0.2) is 44.3 Å². The van der Waals surface area contributed by atoms with Gasteiger partial charge in [-0.1, -0.05) is 11.6 Å². The summed E-state index contributed by atoms with van der Waals surface area (Å²) in [6.07, 6.45) is 4.08. The van der Waals surface area contributed by atoms with E-state index >= 15 is 0 Å². The van der Waals surface area contributed by atoms with Crippen molar-refractivity contribution in [3.8, 4) is 0 Å². The van der Waals surface area contributed by atoms with Gasteiger partial charge in [-0.3, -0.25) is 4.99 Å². The minimum absolute atomic E-state index is 0. The van der Waals surface area contributed by atoms with Gasteiger partial charge in [-0.15, -0.1) is 34.2 Å². The van der Waals surface area contributed by atoms with E-state index in [0.29, 0.717) is 6.54 Å². The van der Waals surface area contributed by atoms with Crippen molar-refractivity contribution in [2.45, 2.75) is 32.5 Å². The Bertz CT molecular complexity index is 721. The molecule has 132 valence electrons. The van der Waals surface area contributed by atoms with E-state index in [4.69, 9.17) is 11.6 Å². The monoisotopic (exact) mass is 463 g/mol. The molecule has 2 aromatic rings. The fourth-order valence-corrected chi connectivity index (χ4v) is 3.20. The molecular formula is C15H23ClIN7. The van der Waals surface area contributed by atoms with E-state index in [9.17, 15) is 0 Å². The molecule has 1 N–H and O–H groups in total. The summed E-state index contributed by atoms with van der Waals surface area (Å²) in [6, 6.07) is 1.97. The van der Waals surface area contributed by atoms with Gasteiger partial charge in [-0.25, -0.2) is 0 Å². The number of aromatic nitrogens is 4. The number of aliphatic imine (C=N–C) groups is 1. The molecule has 0 saturated heterocycles. The average Bonchev–Trinajstić information content (AvgIpc) is 3.18. The predicted octanol–water partition coefficient (Wildman–Crippen LogP) is 2.04. The summed E-state index contributed by atoms with van der Waals surface area (Å²) in [5.41, 5.74) is 1.13. The minimum atomic E-state index is 0. The van der Waals surface area contributed by atoms with Crippen LogP contribution in [0.2, 0.25) is 5.02 Å². The second kappa shape index (κ2) is 8.19. The quantitative estimate of drug-likeness (QED) is 0.428. The van der Waals surface area contributed by atoms with Crippen LogP contribution in [0.25, 0.3) is 0 Å². The van der Waals surface area contributed by atoms with E-state index in [-0.39, 0.29) is 24.0 Å². The van der Waals surface area contributed by atoms with Gasteiger partial charge in [0.15, 0.2) is 11.8 Å². The second-order valence-electron chi connectivity index (χ2n) is 5.81. The van der Waals surface area contributed by atoms with Gasteiger partial charge < -0.3 is 19.4 Å². The van der Waals surface area contributed by atoms with Crippen LogP contribution >= 0.6 is 35.6 Å². The third kappa shape index (κ3) is 4.02. The van der Waals surface area contributed by atoms with Crippen LogP contribution < -0.4 is 5.32 Å². The maximum atomic E-state index is 6.04. The normalized spacial score (nSPS) is 13.6. The number of aryl methyl sites for hydroxylation is 2. The molecule has 0 unspecified atom stereocenters. The van der Waals surface area contributed by atoms with Gasteiger partial charge in [0.25, 0.3) is 0 Å². The second-order valence-corrected chi connectivity index (χ2v) is 6.24. The molecule has 0 atom stereocenters. The Balaban J connectivity index is 0.00000208. The number of nitrogens with zero attached hydrogens (tertiary/aromatic N) is 6. The zero-order chi connectivity index (χ0) is 16.4. The highest BCUT2D eigenvalue weighted by atomic mass is 127. The highest BCUT2D eigenvalue weighted by Crippen LogP contribution is 2.15. The fraction of sp³-hybridized carbons (Fsp3) is 0.533. The van der Waals surface area contributed by atoms with E-state index in [1.165, 1.54) is 0 Å². The number of halogens is 2. The van der Waals surface area contributed by atoms with Gasteiger partial charge in [0.05, 0.1) is 18.1 Å². The molecule has 3 rings (SSSR count). The zero-order valence-electron chi connectivity index (χ0n) is 14.2. The van der Waals surface area contributed by atoms with Crippen LogP contribution in [0.5, 0.6) is 0 Å². The lowest BCUT2D eigenvalue weighted by molar-refractivity contribution is 0.459. The molecule has 0 spiro atoms. The van der Waals surface area contributed by atoms with Crippen LogP contribution in [0.3, 0.4) is 0 Å². The van der Waals surface area contributed by atoms with Gasteiger partial charge in [-0.05, 0) is 12.5 Å². The lowest BCUT2D eigenvalue weighted by Gasteiger charge is -2.22. The standard InChI is InChI=1S/C15H22ClN7.HI/c1-17-15(22(3)10-12-7-11(16)9-21(12)2)18-8-14-20-19-13-5-4-6-23(13)14;/h7,9H,4-6,8,10H2,1-3H3,(H,17,18);1H. The highest BCUT2D eigenvalue weighted by molar-refractivity contribution is 14.0. The van der Waals surface area contributed by atoms with Crippen molar-refractivity contribution >= 4 is 41.5 Å². The van der Waals surface area contributed by atoms with Crippen molar-refractivity contribution in [2.24, 2.45) is 12.0 Å². The molecule has 0 radical (unpaired) electrons. The van der Waals surface area contributed by atoms with Crippen molar-refractivity contribution in [1.82, 2.24) is 29.5 Å². The van der Waals surface area contributed by atoms with Crippen molar-refractivity contribution in [1.29, 1.82) is 0 Å². The van der Waals surface area contributed by atoms with Gasteiger partial charge in [0, 0.05) is 46.0 Å². The maximum Gasteiger partial charge on any atom is 0.194 e. The topological polar surface area (TPSA) is 63.3 Å². The SMILES string of the molecule is CN=C(NCc1nnc2n1CCC2)N(C)Cc1cc(Cl)cn1C.I. The van der Waals surface area contributed by atoms with Gasteiger partial charge in [-0.2, -0.15) is 0 Å². The van der Waals surface area contributed by atoms with Crippen molar-refractivity contribution in [3.05, 3.63) is 34.6 Å². The molecule has 0 amide bonds. The summed E-state index contributed by atoms with van der Waals surface area (Å²) in [4.78, 5) is 6.41. The van der Waals surface area contributed by atoms with Gasteiger partial charge >= 0.3 is 0 Å². The molecule has 0 bridgehead atoms. The van der Waals surface area contributed by atoms with Gasteiger partial charge in [0.2, 0.25) is 0 Å². The van der Waals surface area contributed by atoms with Crippen LogP contribution in [0.15, 0.2) is 17.3 Å². The molecule has 24 heavy (non-hydrogen) atoms. The molecule has 3 heterocycles. The summed E-state index contributed by atoms with van der Waals surface area (Å²) in [7, 11) is 5.78. The third-order valence-electron chi connectivity index (χ3n) is 4.14. The minimum Gasteiger partial charge on any atom is -0.351 e.